The highest BCUT2D eigenvalue weighted by atomic mass is 79.9. The van der Waals surface area contributed by atoms with Gasteiger partial charge in [0.1, 0.15) is 0 Å². The first-order valence-corrected chi connectivity index (χ1v) is 9.65. The zero-order chi connectivity index (χ0) is 16.0. The molecule has 0 radical (unpaired) electrons. The summed E-state index contributed by atoms with van der Waals surface area (Å²) in [7, 11) is -3.51. The lowest BCUT2D eigenvalue weighted by molar-refractivity contribution is 0.529. The van der Waals surface area contributed by atoms with Crippen LogP contribution in [0.2, 0.25) is 0 Å². The minimum Gasteiger partial charge on any atom is -0.313 e. The smallest absolute Gasteiger partial charge is 0.241 e. The van der Waals surface area contributed by atoms with Gasteiger partial charge in [-0.25, -0.2) is 13.1 Å². The van der Waals surface area contributed by atoms with E-state index in [1.807, 2.05) is 33.8 Å². The second-order valence-electron chi connectivity index (χ2n) is 5.14. The topological polar surface area (TPSA) is 58.2 Å². The van der Waals surface area contributed by atoms with E-state index in [0.29, 0.717) is 15.9 Å². The summed E-state index contributed by atoms with van der Waals surface area (Å²) in [5, 5.41) is 3.22. The molecule has 0 spiro atoms. The van der Waals surface area contributed by atoms with Crippen molar-refractivity contribution in [3.63, 3.8) is 0 Å². The maximum Gasteiger partial charge on any atom is 0.241 e. The fourth-order valence-electron chi connectivity index (χ4n) is 2.11. The minimum atomic E-state index is -3.51. The molecule has 1 aromatic carbocycles. The van der Waals surface area contributed by atoms with Crippen LogP contribution in [0.1, 0.15) is 44.7 Å². The zero-order valence-corrected chi connectivity index (χ0v) is 15.6. The first kappa shape index (κ1) is 18.6. The SMILES string of the molecule is CCNCc1cc(C)c(Br)c(S(=O)(=O)NC(CC)CC)c1. The molecule has 6 heteroatoms. The molecule has 1 rings (SSSR count). The summed E-state index contributed by atoms with van der Waals surface area (Å²) in [6, 6.07) is 3.72. The lowest BCUT2D eigenvalue weighted by Crippen LogP contribution is -2.34. The van der Waals surface area contributed by atoms with Gasteiger partial charge in [-0.2, -0.15) is 0 Å². The molecule has 2 N–H and O–H groups in total. The Morgan fingerprint density at radius 1 is 1.19 bits per heavy atom. The van der Waals surface area contributed by atoms with Gasteiger partial charge >= 0.3 is 0 Å². The summed E-state index contributed by atoms with van der Waals surface area (Å²) in [6.45, 7) is 9.42. The molecular formula is C15H25BrN2O2S. The number of nitrogens with one attached hydrogen (secondary N) is 2. The Morgan fingerprint density at radius 3 is 2.33 bits per heavy atom. The van der Waals surface area contributed by atoms with Crippen LogP contribution in [-0.4, -0.2) is 21.0 Å². The summed E-state index contributed by atoms with van der Waals surface area (Å²) < 4.78 is 28.6. The molecule has 0 fully saturated rings. The van der Waals surface area contributed by atoms with Crippen molar-refractivity contribution in [3.8, 4) is 0 Å². The zero-order valence-electron chi connectivity index (χ0n) is 13.2. The predicted octanol–water partition coefficient (Wildman–Crippen LogP) is 3.33. The van der Waals surface area contributed by atoms with Crippen LogP contribution in [0, 0.1) is 6.92 Å². The lowest BCUT2D eigenvalue weighted by Gasteiger charge is -2.17. The van der Waals surface area contributed by atoms with Gasteiger partial charge in [0.05, 0.1) is 4.90 Å². The first-order chi connectivity index (χ1) is 9.85. The van der Waals surface area contributed by atoms with E-state index < -0.39 is 10.0 Å². The highest BCUT2D eigenvalue weighted by Crippen LogP contribution is 2.27. The molecule has 0 aliphatic rings. The molecule has 0 unspecified atom stereocenters. The van der Waals surface area contributed by atoms with Crippen LogP contribution in [0.15, 0.2) is 21.5 Å². The van der Waals surface area contributed by atoms with Crippen LogP contribution in [0.5, 0.6) is 0 Å². The third kappa shape index (κ3) is 5.06. The van der Waals surface area contributed by atoms with E-state index in [4.69, 9.17) is 0 Å². The molecule has 0 bridgehead atoms. The second-order valence-corrected chi connectivity index (χ2v) is 7.62. The Hall–Kier alpha value is -0.430. The van der Waals surface area contributed by atoms with Gasteiger partial charge in [-0.1, -0.05) is 26.8 Å². The van der Waals surface area contributed by atoms with E-state index in [9.17, 15) is 8.42 Å². The summed E-state index contributed by atoms with van der Waals surface area (Å²) >= 11 is 3.41. The Bertz CT molecular complexity index is 569. The molecule has 0 saturated heterocycles. The van der Waals surface area contributed by atoms with Gasteiger partial charge in [0, 0.05) is 17.1 Å². The van der Waals surface area contributed by atoms with Gasteiger partial charge in [-0.05, 0) is 59.4 Å². The molecular weight excluding hydrogens is 352 g/mol. The molecule has 21 heavy (non-hydrogen) atoms. The fraction of sp³-hybridized carbons (Fsp3) is 0.600. The Kier molecular flexibility index (Phi) is 7.33. The molecule has 0 aromatic heterocycles. The molecule has 0 saturated carbocycles. The number of halogens is 1. The van der Waals surface area contributed by atoms with Crippen LogP contribution < -0.4 is 10.0 Å². The third-order valence-electron chi connectivity index (χ3n) is 3.46. The predicted molar refractivity (Wildman–Crippen MR) is 91.0 cm³/mol. The van der Waals surface area contributed by atoms with Crippen LogP contribution >= 0.6 is 15.9 Å². The Balaban J connectivity index is 3.18. The number of rotatable bonds is 8. The summed E-state index contributed by atoms with van der Waals surface area (Å²) in [6.07, 6.45) is 1.56. The normalized spacial score (nSPS) is 12.1. The van der Waals surface area contributed by atoms with E-state index in [-0.39, 0.29) is 6.04 Å². The van der Waals surface area contributed by atoms with Crippen molar-refractivity contribution in [2.24, 2.45) is 0 Å². The standard InChI is InChI=1S/C15H25BrN2O2S/c1-5-13(6-2)18-21(19,20)14-9-12(10-17-7-3)8-11(4)15(14)16/h8-9,13,17-18H,5-7,10H2,1-4H3. The van der Waals surface area contributed by atoms with E-state index in [1.165, 1.54) is 0 Å². The third-order valence-corrected chi connectivity index (χ3v) is 6.32. The van der Waals surface area contributed by atoms with Crippen LogP contribution in [0.4, 0.5) is 0 Å². The van der Waals surface area contributed by atoms with Crippen molar-refractivity contribution in [2.45, 2.75) is 58.0 Å². The number of benzene rings is 1. The second kappa shape index (κ2) is 8.27. The van der Waals surface area contributed by atoms with E-state index in [1.54, 1.807) is 6.07 Å². The van der Waals surface area contributed by atoms with Crippen molar-refractivity contribution < 1.29 is 8.42 Å². The van der Waals surface area contributed by atoms with Gasteiger partial charge in [0.15, 0.2) is 0 Å². The van der Waals surface area contributed by atoms with Gasteiger partial charge in [-0.15, -0.1) is 0 Å². The largest absolute Gasteiger partial charge is 0.313 e. The van der Waals surface area contributed by atoms with Crippen molar-refractivity contribution >= 4 is 26.0 Å². The Labute approximate surface area is 136 Å². The number of aryl methyl sites for hydroxylation is 1. The summed E-state index contributed by atoms with van der Waals surface area (Å²) in [4.78, 5) is 0.322. The average molecular weight is 377 g/mol. The van der Waals surface area contributed by atoms with Crippen LogP contribution in [0.3, 0.4) is 0 Å². The monoisotopic (exact) mass is 376 g/mol. The van der Waals surface area contributed by atoms with Crippen molar-refractivity contribution in [1.82, 2.24) is 10.0 Å². The van der Waals surface area contributed by atoms with Crippen LogP contribution in [-0.2, 0) is 16.6 Å². The van der Waals surface area contributed by atoms with E-state index in [0.717, 1.165) is 30.5 Å². The summed E-state index contributed by atoms with van der Waals surface area (Å²) in [5.74, 6) is 0. The van der Waals surface area contributed by atoms with Crippen molar-refractivity contribution in [2.75, 3.05) is 6.54 Å². The molecule has 0 aliphatic heterocycles. The van der Waals surface area contributed by atoms with E-state index in [2.05, 4.69) is 26.0 Å². The molecule has 0 aliphatic carbocycles. The maximum absolute atomic E-state index is 12.6. The number of sulfonamides is 1. The highest BCUT2D eigenvalue weighted by molar-refractivity contribution is 9.10. The van der Waals surface area contributed by atoms with Gasteiger partial charge in [-0.3, -0.25) is 0 Å². The fourth-order valence-corrected chi connectivity index (χ4v) is 4.59. The minimum absolute atomic E-state index is 0.0281. The average Bonchev–Trinajstić information content (AvgIpc) is 2.45. The molecule has 0 amide bonds. The van der Waals surface area contributed by atoms with Gasteiger partial charge in [0.2, 0.25) is 10.0 Å². The molecule has 1 aromatic rings. The lowest BCUT2D eigenvalue weighted by atomic mass is 10.1. The van der Waals surface area contributed by atoms with Crippen molar-refractivity contribution in [3.05, 3.63) is 27.7 Å². The molecule has 0 heterocycles. The first-order valence-electron chi connectivity index (χ1n) is 7.37. The van der Waals surface area contributed by atoms with Crippen LogP contribution in [0.25, 0.3) is 0 Å². The van der Waals surface area contributed by atoms with Gasteiger partial charge in [0.25, 0.3) is 0 Å². The molecule has 4 nitrogen and oxygen atoms in total. The number of hydrogen-bond acceptors (Lipinski definition) is 3. The van der Waals surface area contributed by atoms with Crippen molar-refractivity contribution in [1.29, 1.82) is 0 Å². The quantitative estimate of drug-likeness (QED) is 0.731. The molecule has 120 valence electrons. The Morgan fingerprint density at radius 2 is 1.81 bits per heavy atom. The summed E-state index contributed by atoms with van der Waals surface area (Å²) in [5.41, 5.74) is 1.90. The van der Waals surface area contributed by atoms with E-state index >= 15 is 0 Å². The molecule has 0 atom stereocenters. The highest BCUT2D eigenvalue weighted by Gasteiger charge is 2.22. The van der Waals surface area contributed by atoms with Gasteiger partial charge < -0.3 is 5.32 Å². The number of hydrogen-bond donors (Lipinski definition) is 2. The maximum atomic E-state index is 12.6.